The minimum atomic E-state index is -0.405. The van der Waals surface area contributed by atoms with Gasteiger partial charge in [0, 0.05) is 18.1 Å². The van der Waals surface area contributed by atoms with Gasteiger partial charge in [-0.15, -0.1) is 11.3 Å². The Kier molecular flexibility index (Phi) is 5.19. The summed E-state index contributed by atoms with van der Waals surface area (Å²) in [6.07, 6.45) is 2.11. The van der Waals surface area contributed by atoms with Gasteiger partial charge in [0.15, 0.2) is 5.76 Å². The summed E-state index contributed by atoms with van der Waals surface area (Å²) in [6, 6.07) is 7.44. The monoisotopic (exact) mass is 399 g/mol. The van der Waals surface area contributed by atoms with Gasteiger partial charge in [0.05, 0.1) is 18.8 Å². The second-order valence-electron chi connectivity index (χ2n) is 6.68. The summed E-state index contributed by atoms with van der Waals surface area (Å²) < 4.78 is 16.3. The van der Waals surface area contributed by atoms with Crippen molar-refractivity contribution in [2.45, 2.75) is 32.3 Å². The standard InChI is InChI=1S/C21H21NO5S/c1-3-26-21(24)17-15(12-8-9-12)11-28-20(17)22-19(23)18-14(10-25-2)13-6-4-5-7-16(13)27-18/h4-7,11-12H,3,8-10H2,1-2H3,(H,22,23). The summed E-state index contributed by atoms with van der Waals surface area (Å²) in [4.78, 5) is 25.5. The third kappa shape index (κ3) is 3.43. The lowest BCUT2D eigenvalue weighted by Gasteiger charge is -2.08. The first-order valence-electron chi connectivity index (χ1n) is 9.23. The molecule has 1 N–H and O–H groups in total. The fraction of sp³-hybridized carbons (Fsp3) is 0.333. The molecule has 0 aliphatic heterocycles. The molecule has 4 rings (SSSR count). The summed E-state index contributed by atoms with van der Waals surface area (Å²) in [5.74, 6) is -0.239. The number of furan rings is 1. The molecule has 1 aliphatic carbocycles. The number of methoxy groups -OCH3 is 1. The van der Waals surface area contributed by atoms with E-state index in [0.717, 1.165) is 23.8 Å². The summed E-state index contributed by atoms with van der Waals surface area (Å²) >= 11 is 1.34. The highest BCUT2D eigenvalue weighted by Gasteiger charge is 2.33. The molecular weight excluding hydrogens is 378 g/mol. The van der Waals surface area contributed by atoms with Crippen LogP contribution in [-0.4, -0.2) is 25.6 Å². The summed E-state index contributed by atoms with van der Waals surface area (Å²) in [6.45, 7) is 2.31. The molecule has 0 unspecified atom stereocenters. The Morgan fingerprint density at radius 2 is 2.07 bits per heavy atom. The Bertz CT molecular complexity index is 1030. The van der Waals surface area contributed by atoms with Crippen LogP contribution in [0, 0.1) is 0 Å². The first-order chi connectivity index (χ1) is 13.6. The Hall–Kier alpha value is -2.64. The molecule has 1 fully saturated rings. The molecule has 0 atom stereocenters. The van der Waals surface area contributed by atoms with Gasteiger partial charge in [-0.2, -0.15) is 0 Å². The van der Waals surface area contributed by atoms with E-state index in [4.69, 9.17) is 13.9 Å². The normalized spacial score (nSPS) is 13.6. The molecule has 2 heterocycles. The number of ether oxygens (including phenoxy) is 2. The maximum atomic E-state index is 13.0. The van der Waals surface area contributed by atoms with Gasteiger partial charge in [-0.05, 0) is 42.7 Å². The van der Waals surface area contributed by atoms with E-state index >= 15 is 0 Å². The second-order valence-corrected chi connectivity index (χ2v) is 7.56. The predicted molar refractivity (Wildman–Crippen MR) is 107 cm³/mol. The zero-order valence-electron chi connectivity index (χ0n) is 15.7. The van der Waals surface area contributed by atoms with Gasteiger partial charge in [0.2, 0.25) is 0 Å². The summed E-state index contributed by atoms with van der Waals surface area (Å²) in [5.41, 5.74) is 2.73. The van der Waals surface area contributed by atoms with Crippen LogP contribution in [0.4, 0.5) is 5.00 Å². The summed E-state index contributed by atoms with van der Waals surface area (Å²) in [5, 5.41) is 6.13. The zero-order valence-corrected chi connectivity index (χ0v) is 16.6. The maximum Gasteiger partial charge on any atom is 0.341 e. The number of rotatable bonds is 7. The lowest BCUT2D eigenvalue weighted by atomic mass is 10.1. The number of para-hydroxylation sites is 1. The molecule has 0 bridgehead atoms. The lowest BCUT2D eigenvalue weighted by Crippen LogP contribution is -2.16. The SMILES string of the molecule is CCOC(=O)c1c(C2CC2)csc1NC(=O)c1oc2ccccc2c1COC. The number of esters is 1. The molecule has 3 aromatic rings. The third-order valence-corrected chi connectivity index (χ3v) is 5.65. The summed E-state index contributed by atoms with van der Waals surface area (Å²) in [7, 11) is 1.57. The third-order valence-electron chi connectivity index (χ3n) is 4.74. The van der Waals surface area contributed by atoms with E-state index in [1.807, 2.05) is 29.6 Å². The Morgan fingerprint density at radius 3 is 2.79 bits per heavy atom. The molecule has 1 saturated carbocycles. The van der Waals surface area contributed by atoms with Crippen LogP contribution in [0.3, 0.4) is 0 Å². The number of nitrogens with one attached hydrogen (secondary N) is 1. The zero-order chi connectivity index (χ0) is 19.7. The van der Waals surface area contributed by atoms with Crippen molar-refractivity contribution < 1.29 is 23.5 Å². The van der Waals surface area contributed by atoms with Crippen LogP contribution in [0.15, 0.2) is 34.1 Å². The minimum absolute atomic E-state index is 0.194. The van der Waals surface area contributed by atoms with E-state index in [9.17, 15) is 9.59 Å². The molecule has 1 aromatic carbocycles. The van der Waals surface area contributed by atoms with Gasteiger partial charge in [-0.3, -0.25) is 4.79 Å². The number of thiophene rings is 1. The largest absolute Gasteiger partial charge is 0.462 e. The van der Waals surface area contributed by atoms with E-state index in [-0.39, 0.29) is 19.0 Å². The quantitative estimate of drug-likeness (QED) is 0.569. The van der Waals surface area contributed by atoms with Gasteiger partial charge in [-0.25, -0.2) is 4.79 Å². The average molecular weight is 399 g/mol. The molecule has 7 heteroatoms. The van der Waals surface area contributed by atoms with E-state index in [0.29, 0.717) is 27.6 Å². The second kappa shape index (κ2) is 7.77. The Labute approximate surface area is 166 Å². The van der Waals surface area contributed by atoms with Crippen LogP contribution >= 0.6 is 11.3 Å². The van der Waals surface area contributed by atoms with Gasteiger partial charge < -0.3 is 19.2 Å². The highest BCUT2D eigenvalue weighted by atomic mass is 32.1. The molecule has 146 valence electrons. The van der Waals surface area contributed by atoms with Crippen molar-refractivity contribution in [1.82, 2.24) is 0 Å². The van der Waals surface area contributed by atoms with Crippen LogP contribution in [0.25, 0.3) is 11.0 Å². The van der Waals surface area contributed by atoms with Gasteiger partial charge in [0.25, 0.3) is 5.91 Å². The highest BCUT2D eigenvalue weighted by Crippen LogP contribution is 2.46. The van der Waals surface area contributed by atoms with Crippen molar-refractivity contribution in [3.63, 3.8) is 0 Å². The average Bonchev–Trinajstić information content (AvgIpc) is 3.35. The number of hydrogen-bond acceptors (Lipinski definition) is 6. The van der Waals surface area contributed by atoms with E-state index in [2.05, 4.69) is 5.32 Å². The first-order valence-corrected chi connectivity index (χ1v) is 10.1. The van der Waals surface area contributed by atoms with Gasteiger partial charge in [-0.1, -0.05) is 18.2 Å². The van der Waals surface area contributed by atoms with Gasteiger partial charge >= 0.3 is 5.97 Å². The van der Waals surface area contributed by atoms with Crippen LogP contribution in [0.2, 0.25) is 0 Å². The molecule has 0 saturated heterocycles. The van der Waals surface area contributed by atoms with Crippen molar-refractivity contribution in [1.29, 1.82) is 0 Å². The maximum absolute atomic E-state index is 13.0. The topological polar surface area (TPSA) is 77.8 Å². The smallest absolute Gasteiger partial charge is 0.341 e. The number of fused-ring (bicyclic) bond motifs is 1. The van der Waals surface area contributed by atoms with Crippen LogP contribution in [-0.2, 0) is 16.1 Å². The Balaban J connectivity index is 1.68. The van der Waals surface area contributed by atoms with Crippen LogP contribution in [0.5, 0.6) is 0 Å². The number of amides is 1. The van der Waals surface area contributed by atoms with Crippen molar-refractivity contribution in [2.75, 3.05) is 19.0 Å². The fourth-order valence-corrected chi connectivity index (χ4v) is 4.33. The highest BCUT2D eigenvalue weighted by molar-refractivity contribution is 7.15. The fourth-order valence-electron chi connectivity index (χ4n) is 3.30. The van der Waals surface area contributed by atoms with Crippen molar-refractivity contribution in [3.05, 3.63) is 52.1 Å². The van der Waals surface area contributed by atoms with Crippen LogP contribution in [0.1, 0.15) is 57.7 Å². The molecule has 0 radical (unpaired) electrons. The van der Waals surface area contributed by atoms with Crippen molar-refractivity contribution >= 4 is 39.2 Å². The van der Waals surface area contributed by atoms with E-state index in [1.54, 1.807) is 14.0 Å². The number of carbonyl (C=O) groups excluding carboxylic acids is 2. The lowest BCUT2D eigenvalue weighted by molar-refractivity contribution is 0.0527. The van der Waals surface area contributed by atoms with Gasteiger partial charge in [0.1, 0.15) is 10.6 Å². The number of hydrogen-bond donors (Lipinski definition) is 1. The minimum Gasteiger partial charge on any atom is -0.462 e. The van der Waals surface area contributed by atoms with E-state index in [1.165, 1.54) is 11.3 Å². The van der Waals surface area contributed by atoms with Crippen molar-refractivity contribution in [3.8, 4) is 0 Å². The molecule has 2 aromatic heterocycles. The predicted octanol–water partition coefficient (Wildman–Crippen LogP) is 4.95. The number of anilines is 1. The molecule has 0 spiro atoms. The first kappa shape index (κ1) is 18.7. The number of benzene rings is 1. The number of carbonyl (C=O) groups is 2. The molecule has 28 heavy (non-hydrogen) atoms. The Morgan fingerprint density at radius 1 is 1.29 bits per heavy atom. The van der Waals surface area contributed by atoms with Crippen LogP contribution < -0.4 is 5.32 Å². The van der Waals surface area contributed by atoms with E-state index < -0.39 is 11.9 Å². The molecule has 1 amide bonds. The molecule has 6 nitrogen and oxygen atoms in total. The molecular formula is C21H21NO5S. The van der Waals surface area contributed by atoms with Crippen molar-refractivity contribution in [2.24, 2.45) is 0 Å². The molecule has 1 aliphatic rings.